The monoisotopic (exact) mass is 401 g/mol. The quantitative estimate of drug-likeness (QED) is 0.701. The van der Waals surface area contributed by atoms with Crippen LogP contribution in [0.5, 0.6) is 0 Å². The van der Waals surface area contributed by atoms with Crippen LogP contribution in [0.25, 0.3) is 10.9 Å². The number of nitrogens with one attached hydrogen (secondary N) is 1. The summed E-state index contributed by atoms with van der Waals surface area (Å²) in [7, 11) is 0. The molecule has 2 heterocycles. The Bertz CT molecular complexity index is 838. The van der Waals surface area contributed by atoms with Crippen molar-refractivity contribution in [3.05, 3.63) is 30.5 Å². The number of fused-ring (bicyclic) bond motifs is 1. The van der Waals surface area contributed by atoms with E-state index in [0.717, 1.165) is 30.4 Å². The molecule has 0 spiro atoms. The molecule has 2 atom stereocenters. The Kier molecular flexibility index (Phi) is 7.28. The van der Waals surface area contributed by atoms with Gasteiger partial charge in [0.15, 0.2) is 0 Å². The van der Waals surface area contributed by atoms with E-state index in [0.29, 0.717) is 31.9 Å². The van der Waals surface area contributed by atoms with Crippen LogP contribution in [-0.2, 0) is 25.6 Å². The van der Waals surface area contributed by atoms with Crippen molar-refractivity contribution < 1.29 is 19.1 Å². The molecule has 3 rings (SSSR count). The molecule has 0 radical (unpaired) electrons. The molecule has 1 aliphatic heterocycles. The number of likely N-dealkylation sites (N-methyl/N-ethyl adjacent to an activating group) is 1. The summed E-state index contributed by atoms with van der Waals surface area (Å²) in [6, 6.07) is 7.65. The number of nitrogens with zero attached hydrogens (tertiary/aromatic N) is 2. The Morgan fingerprint density at radius 3 is 2.79 bits per heavy atom. The topological polar surface area (TPSA) is 72.8 Å². The highest BCUT2D eigenvalue weighted by atomic mass is 16.5. The summed E-state index contributed by atoms with van der Waals surface area (Å²) in [6.45, 7) is 8.65. The molecule has 1 aromatic heterocycles. The number of benzene rings is 1. The van der Waals surface area contributed by atoms with Crippen molar-refractivity contribution in [1.82, 2.24) is 9.47 Å². The average molecular weight is 402 g/mol. The number of ether oxygens (including phenoxy) is 2. The van der Waals surface area contributed by atoms with Crippen molar-refractivity contribution in [3.63, 3.8) is 0 Å². The Hall–Kier alpha value is -2.38. The van der Waals surface area contributed by atoms with Gasteiger partial charge in [-0.2, -0.15) is 0 Å². The number of aromatic nitrogens is 1. The average Bonchev–Trinajstić information content (AvgIpc) is 3.37. The van der Waals surface area contributed by atoms with Crippen molar-refractivity contribution in [2.75, 3.05) is 31.6 Å². The molecular formula is C22H31N3O4. The van der Waals surface area contributed by atoms with Crippen molar-refractivity contribution in [3.8, 4) is 0 Å². The molecule has 1 N–H and O–H groups in total. The maximum atomic E-state index is 12.4. The smallest absolute Gasteiger partial charge is 0.253 e. The predicted octanol–water partition coefficient (Wildman–Crippen LogP) is 3.03. The normalized spacial score (nSPS) is 17.4. The lowest BCUT2D eigenvalue weighted by atomic mass is 10.2. The third kappa shape index (κ3) is 5.36. The minimum atomic E-state index is -0.550. The van der Waals surface area contributed by atoms with Crippen molar-refractivity contribution in [1.29, 1.82) is 0 Å². The predicted molar refractivity (Wildman–Crippen MR) is 113 cm³/mol. The number of carbonyl (C=O) groups is 2. The summed E-state index contributed by atoms with van der Waals surface area (Å²) in [5.41, 5.74) is 1.68. The van der Waals surface area contributed by atoms with Crippen LogP contribution in [-0.4, -0.2) is 59.8 Å². The van der Waals surface area contributed by atoms with Crippen LogP contribution in [0.3, 0.4) is 0 Å². The SMILES string of the molecule is CCN(CC)C(=O)Cn1ccc2cc(NC(=O)C(C)OCC3CCCO3)ccc21. The largest absolute Gasteiger partial charge is 0.376 e. The van der Waals surface area contributed by atoms with Gasteiger partial charge in [-0.15, -0.1) is 0 Å². The number of amides is 2. The molecule has 2 amide bonds. The second kappa shape index (κ2) is 9.89. The molecule has 2 aromatic rings. The van der Waals surface area contributed by atoms with E-state index in [1.165, 1.54) is 0 Å². The lowest BCUT2D eigenvalue weighted by Crippen LogP contribution is -2.33. The van der Waals surface area contributed by atoms with Gasteiger partial charge in [0.1, 0.15) is 12.6 Å². The Morgan fingerprint density at radius 2 is 2.10 bits per heavy atom. The second-order valence-corrected chi connectivity index (χ2v) is 7.38. The first-order valence-electron chi connectivity index (χ1n) is 10.4. The van der Waals surface area contributed by atoms with E-state index >= 15 is 0 Å². The first-order chi connectivity index (χ1) is 14.0. The fourth-order valence-electron chi connectivity index (χ4n) is 3.58. The standard InChI is InChI=1S/C22H31N3O4/c1-4-24(5-2)21(26)14-25-11-10-17-13-18(8-9-20(17)25)23-22(27)16(3)29-15-19-7-6-12-28-19/h8-11,13,16,19H,4-7,12,14-15H2,1-3H3,(H,23,27). The minimum absolute atomic E-state index is 0.0976. The van der Waals surface area contributed by atoms with Crippen LogP contribution in [0.2, 0.25) is 0 Å². The summed E-state index contributed by atoms with van der Waals surface area (Å²) in [6.07, 6.45) is 3.49. The molecule has 0 saturated carbocycles. The van der Waals surface area contributed by atoms with Gasteiger partial charge in [-0.05, 0) is 57.9 Å². The molecule has 1 aromatic carbocycles. The molecule has 0 bridgehead atoms. The number of rotatable bonds is 9. The molecule has 1 fully saturated rings. The highest BCUT2D eigenvalue weighted by molar-refractivity contribution is 5.96. The summed E-state index contributed by atoms with van der Waals surface area (Å²) >= 11 is 0. The van der Waals surface area contributed by atoms with E-state index < -0.39 is 6.10 Å². The number of hydrogen-bond donors (Lipinski definition) is 1. The molecule has 29 heavy (non-hydrogen) atoms. The van der Waals surface area contributed by atoms with E-state index in [2.05, 4.69) is 5.32 Å². The van der Waals surface area contributed by atoms with Crippen LogP contribution >= 0.6 is 0 Å². The molecular weight excluding hydrogens is 370 g/mol. The fourth-order valence-corrected chi connectivity index (χ4v) is 3.58. The highest BCUT2D eigenvalue weighted by Crippen LogP contribution is 2.21. The molecule has 2 unspecified atom stereocenters. The van der Waals surface area contributed by atoms with Gasteiger partial charge in [0.25, 0.3) is 5.91 Å². The first-order valence-corrected chi connectivity index (χ1v) is 10.4. The Balaban J connectivity index is 1.59. The van der Waals surface area contributed by atoms with Crippen LogP contribution in [0.1, 0.15) is 33.6 Å². The van der Waals surface area contributed by atoms with Gasteiger partial charge in [0.05, 0.1) is 12.7 Å². The molecule has 1 aliphatic rings. The highest BCUT2D eigenvalue weighted by Gasteiger charge is 2.20. The third-order valence-electron chi connectivity index (χ3n) is 5.39. The minimum Gasteiger partial charge on any atom is -0.376 e. The lowest BCUT2D eigenvalue weighted by Gasteiger charge is -2.19. The number of carbonyl (C=O) groups excluding carboxylic acids is 2. The van der Waals surface area contributed by atoms with Gasteiger partial charge in [0, 0.05) is 42.5 Å². The van der Waals surface area contributed by atoms with E-state index in [-0.39, 0.29) is 17.9 Å². The number of anilines is 1. The van der Waals surface area contributed by atoms with Crippen LogP contribution in [0.15, 0.2) is 30.5 Å². The summed E-state index contributed by atoms with van der Waals surface area (Å²) in [4.78, 5) is 26.6. The Morgan fingerprint density at radius 1 is 1.31 bits per heavy atom. The summed E-state index contributed by atoms with van der Waals surface area (Å²) in [5, 5.41) is 3.88. The zero-order valence-electron chi connectivity index (χ0n) is 17.5. The number of hydrogen-bond acceptors (Lipinski definition) is 4. The van der Waals surface area contributed by atoms with Crippen molar-refractivity contribution in [2.45, 2.75) is 52.4 Å². The summed E-state index contributed by atoms with van der Waals surface area (Å²) < 4.78 is 13.1. The first kappa shape index (κ1) is 21.3. The zero-order valence-corrected chi connectivity index (χ0v) is 17.5. The molecule has 0 aliphatic carbocycles. The van der Waals surface area contributed by atoms with Crippen molar-refractivity contribution in [2.24, 2.45) is 0 Å². The zero-order chi connectivity index (χ0) is 20.8. The van der Waals surface area contributed by atoms with Gasteiger partial charge in [-0.25, -0.2) is 0 Å². The maximum absolute atomic E-state index is 12.4. The van der Waals surface area contributed by atoms with Crippen LogP contribution < -0.4 is 5.32 Å². The molecule has 158 valence electrons. The Labute approximate surface area is 171 Å². The second-order valence-electron chi connectivity index (χ2n) is 7.38. The van der Waals surface area contributed by atoms with Gasteiger partial charge < -0.3 is 24.3 Å². The van der Waals surface area contributed by atoms with Gasteiger partial charge >= 0.3 is 0 Å². The summed E-state index contributed by atoms with van der Waals surface area (Å²) in [5.74, 6) is -0.0828. The molecule has 1 saturated heterocycles. The van der Waals surface area contributed by atoms with E-state index in [9.17, 15) is 9.59 Å². The third-order valence-corrected chi connectivity index (χ3v) is 5.39. The fraction of sp³-hybridized carbons (Fsp3) is 0.545. The maximum Gasteiger partial charge on any atom is 0.253 e. The van der Waals surface area contributed by atoms with E-state index in [1.54, 1.807) is 6.92 Å². The van der Waals surface area contributed by atoms with E-state index in [1.807, 2.05) is 53.8 Å². The van der Waals surface area contributed by atoms with Crippen LogP contribution in [0.4, 0.5) is 5.69 Å². The van der Waals surface area contributed by atoms with Gasteiger partial charge in [-0.1, -0.05) is 0 Å². The van der Waals surface area contributed by atoms with Crippen LogP contribution in [0, 0.1) is 0 Å². The van der Waals surface area contributed by atoms with Gasteiger partial charge in [-0.3, -0.25) is 9.59 Å². The molecule has 7 heteroatoms. The van der Waals surface area contributed by atoms with E-state index in [4.69, 9.17) is 9.47 Å². The lowest BCUT2D eigenvalue weighted by molar-refractivity contribution is -0.131. The molecule has 7 nitrogen and oxygen atoms in total. The van der Waals surface area contributed by atoms with Gasteiger partial charge in [0.2, 0.25) is 5.91 Å². The van der Waals surface area contributed by atoms with Crippen molar-refractivity contribution >= 4 is 28.4 Å².